The molecule has 30 heavy (non-hydrogen) atoms. The molecule has 4 nitrogen and oxygen atoms in total. The molecule has 5 heteroatoms. The van der Waals surface area contributed by atoms with E-state index in [0.717, 1.165) is 13.0 Å². The highest BCUT2D eigenvalue weighted by atomic mass is 32.1. The van der Waals surface area contributed by atoms with E-state index >= 15 is 0 Å². The van der Waals surface area contributed by atoms with Gasteiger partial charge in [-0.25, -0.2) is 4.79 Å². The van der Waals surface area contributed by atoms with Crippen molar-refractivity contribution in [2.24, 2.45) is 0 Å². The van der Waals surface area contributed by atoms with Crippen LogP contribution < -0.4 is 10.1 Å². The van der Waals surface area contributed by atoms with Crippen LogP contribution in [0, 0.1) is 0 Å². The average molecular weight is 419 g/mol. The van der Waals surface area contributed by atoms with Gasteiger partial charge in [-0.3, -0.25) is 0 Å². The molecule has 1 atom stereocenters. The van der Waals surface area contributed by atoms with Crippen LogP contribution in [0.5, 0.6) is 5.75 Å². The van der Waals surface area contributed by atoms with E-state index in [9.17, 15) is 4.79 Å². The van der Waals surface area contributed by atoms with Crippen molar-refractivity contribution >= 4 is 23.1 Å². The number of thiophene rings is 1. The Balaban J connectivity index is 1.53. The lowest BCUT2D eigenvalue weighted by molar-refractivity contribution is 0.195. The molecule has 0 unspecified atom stereocenters. The summed E-state index contributed by atoms with van der Waals surface area (Å²) in [4.78, 5) is 18.3. The molecule has 0 spiro atoms. The van der Waals surface area contributed by atoms with Gasteiger partial charge < -0.3 is 15.0 Å². The number of methoxy groups -OCH3 is 1. The number of amides is 2. The predicted molar refractivity (Wildman–Crippen MR) is 122 cm³/mol. The molecular formula is C25H26N2O2S. The Morgan fingerprint density at radius 2 is 1.77 bits per heavy atom. The number of carbonyl (C=O) groups is 1. The molecule has 2 aromatic carbocycles. The molecular weight excluding hydrogens is 392 g/mol. The number of benzene rings is 2. The highest BCUT2D eigenvalue weighted by Gasteiger charge is 2.36. The quantitative estimate of drug-likeness (QED) is 0.583. The first-order chi connectivity index (χ1) is 14.8. The molecule has 1 aliphatic carbocycles. The molecule has 154 valence electrons. The molecule has 1 aliphatic heterocycles. The Kier molecular flexibility index (Phi) is 5.21. The summed E-state index contributed by atoms with van der Waals surface area (Å²) < 4.78 is 5.43. The van der Waals surface area contributed by atoms with Crippen LogP contribution in [0.1, 0.15) is 45.3 Å². The number of nitrogens with zero attached hydrogens (tertiary/aromatic N) is 1. The maximum absolute atomic E-state index is 13.4. The number of urea groups is 1. The highest BCUT2D eigenvalue weighted by molar-refractivity contribution is 7.12. The summed E-state index contributed by atoms with van der Waals surface area (Å²) in [7, 11) is 1.63. The second kappa shape index (κ2) is 8.15. The van der Waals surface area contributed by atoms with Crippen LogP contribution in [-0.4, -0.2) is 24.6 Å². The first-order valence-electron chi connectivity index (χ1n) is 10.6. The van der Waals surface area contributed by atoms with Gasteiger partial charge in [-0.2, -0.15) is 0 Å². The van der Waals surface area contributed by atoms with E-state index in [2.05, 4.69) is 29.6 Å². The van der Waals surface area contributed by atoms with Gasteiger partial charge in [0.25, 0.3) is 0 Å². The average Bonchev–Trinajstić information content (AvgIpc) is 3.18. The first-order valence-corrected chi connectivity index (χ1v) is 11.5. The third-order valence-corrected chi connectivity index (χ3v) is 7.59. The molecule has 1 N–H and O–H groups in total. The van der Waals surface area contributed by atoms with Crippen molar-refractivity contribution in [3.63, 3.8) is 0 Å². The number of hydrogen-bond acceptors (Lipinski definition) is 3. The summed E-state index contributed by atoms with van der Waals surface area (Å²) in [6.07, 6.45) is 5.87. The lowest BCUT2D eigenvalue weighted by Crippen LogP contribution is -2.42. The summed E-state index contributed by atoms with van der Waals surface area (Å²) in [5.74, 6) is 0.673. The summed E-state index contributed by atoms with van der Waals surface area (Å²) in [5, 5.41) is 3.09. The minimum absolute atomic E-state index is 0.0414. The number of ether oxygens (including phenoxy) is 1. The van der Waals surface area contributed by atoms with Gasteiger partial charge in [-0.1, -0.05) is 42.5 Å². The van der Waals surface area contributed by atoms with Crippen molar-refractivity contribution < 1.29 is 9.53 Å². The molecule has 1 aromatic heterocycles. The molecule has 2 heterocycles. The van der Waals surface area contributed by atoms with Gasteiger partial charge in [0.15, 0.2) is 0 Å². The third-order valence-electron chi connectivity index (χ3n) is 6.20. The zero-order valence-corrected chi connectivity index (χ0v) is 18.0. The maximum atomic E-state index is 13.4. The van der Waals surface area contributed by atoms with Crippen LogP contribution in [0.25, 0.3) is 0 Å². The number of nitrogens with one attached hydrogen (secondary N) is 1. The number of para-hydroxylation sites is 2. The highest BCUT2D eigenvalue weighted by Crippen LogP contribution is 2.45. The van der Waals surface area contributed by atoms with Crippen LogP contribution in [-0.2, 0) is 19.3 Å². The van der Waals surface area contributed by atoms with Gasteiger partial charge in [-0.05, 0) is 60.9 Å². The van der Waals surface area contributed by atoms with E-state index in [0.29, 0.717) is 11.4 Å². The van der Waals surface area contributed by atoms with Crippen LogP contribution >= 0.6 is 11.3 Å². The van der Waals surface area contributed by atoms with Crippen LogP contribution in [0.15, 0.2) is 54.6 Å². The maximum Gasteiger partial charge on any atom is 0.322 e. The summed E-state index contributed by atoms with van der Waals surface area (Å²) in [5.41, 5.74) is 4.96. The molecule has 0 fully saturated rings. The molecule has 2 amide bonds. The van der Waals surface area contributed by atoms with E-state index in [1.54, 1.807) is 17.6 Å². The van der Waals surface area contributed by atoms with Crippen molar-refractivity contribution in [3.05, 3.63) is 81.0 Å². The second-order valence-electron chi connectivity index (χ2n) is 7.94. The second-order valence-corrected chi connectivity index (χ2v) is 9.08. The Labute approximate surface area is 181 Å². The molecule has 2 aliphatic rings. The molecule has 3 aromatic rings. The predicted octanol–water partition coefficient (Wildman–Crippen LogP) is 5.82. The SMILES string of the molecule is COc1ccccc1NC(=O)N1CCc2c(sc3c2CCCC3)[C@@H]1c1ccccc1. The van der Waals surface area contributed by atoms with Crippen molar-refractivity contribution in [2.45, 2.75) is 38.1 Å². The number of aryl methyl sites for hydroxylation is 1. The molecule has 0 bridgehead atoms. The molecule has 0 radical (unpaired) electrons. The minimum Gasteiger partial charge on any atom is -0.495 e. The zero-order valence-electron chi connectivity index (χ0n) is 17.2. The molecule has 0 saturated heterocycles. The summed E-state index contributed by atoms with van der Waals surface area (Å²) in [6, 6.07) is 17.9. The number of rotatable bonds is 3. The summed E-state index contributed by atoms with van der Waals surface area (Å²) >= 11 is 1.93. The Bertz CT molecular complexity index is 1060. The molecule has 0 saturated carbocycles. The van der Waals surface area contributed by atoms with Crippen LogP contribution in [0.4, 0.5) is 10.5 Å². The Morgan fingerprint density at radius 1 is 1.00 bits per heavy atom. The third kappa shape index (κ3) is 3.37. The van der Waals surface area contributed by atoms with Crippen LogP contribution in [0.3, 0.4) is 0 Å². The normalized spacial score (nSPS) is 17.8. The van der Waals surface area contributed by atoms with Gasteiger partial charge >= 0.3 is 6.03 Å². The fourth-order valence-corrected chi connectivity index (χ4v) is 6.35. The van der Waals surface area contributed by atoms with Gasteiger partial charge in [-0.15, -0.1) is 11.3 Å². The lowest BCUT2D eigenvalue weighted by Gasteiger charge is -2.36. The fraction of sp³-hybridized carbons (Fsp3) is 0.320. The number of carbonyl (C=O) groups excluding carboxylic acids is 1. The summed E-state index contributed by atoms with van der Waals surface area (Å²) in [6.45, 7) is 0.719. The minimum atomic E-state index is -0.0784. The lowest BCUT2D eigenvalue weighted by atomic mass is 9.88. The Hall–Kier alpha value is -2.79. The van der Waals surface area contributed by atoms with E-state index in [1.165, 1.54) is 41.7 Å². The van der Waals surface area contributed by atoms with Crippen molar-refractivity contribution in [2.75, 3.05) is 19.0 Å². The van der Waals surface area contributed by atoms with E-state index in [1.807, 2.05) is 46.6 Å². The van der Waals surface area contributed by atoms with Gasteiger partial charge in [0.05, 0.1) is 18.8 Å². The Morgan fingerprint density at radius 3 is 2.60 bits per heavy atom. The van der Waals surface area contributed by atoms with Crippen molar-refractivity contribution in [1.82, 2.24) is 4.90 Å². The number of hydrogen-bond donors (Lipinski definition) is 1. The topological polar surface area (TPSA) is 41.6 Å². The number of anilines is 1. The monoisotopic (exact) mass is 418 g/mol. The van der Waals surface area contributed by atoms with Gasteiger partial charge in [0.2, 0.25) is 0 Å². The smallest absolute Gasteiger partial charge is 0.322 e. The van der Waals surface area contributed by atoms with Gasteiger partial charge in [0, 0.05) is 16.3 Å². The van der Waals surface area contributed by atoms with E-state index in [4.69, 9.17) is 4.74 Å². The largest absolute Gasteiger partial charge is 0.495 e. The fourth-order valence-electron chi connectivity index (χ4n) is 4.77. The van der Waals surface area contributed by atoms with E-state index in [-0.39, 0.29) is 12.1 Å². The van der Waals surface area contributed by atoms with Crippen molar-refractivity contribution in [1.29, 1.82) is 0 Å². The van der Waals surface area contributed by atoms with Crippen LogP contribution in [0.2, 0.25) is 0 Å². The van der Waals surface area contributed by atoms with Gasteiger partial charge in [0.1, 0.15) is 5.75 Å². The molecule has 5 rings (SSSR count). The number of fused-ring (bicyclic) bond motifs is 3. The standard InChI is InChI=1S/C25H26N2O2S/c1-29-21-13-7-6-12-20(21)26-25(28)27-16-15-19-18-11-5-8-14-22(18)30-24(19)23(27)17-9-3-2-4-10-17/h2-4,6-7,9-10,12-13,23H,5,8,11,14-16H2,1H3,(H,26,28)/t23-/m0/s1. The first kappa shape index (κ1) is 19.2. The van der Waals surface area contributed by atoms with Crippen molar-refractivity contribution in [3.8, 4) is 5.75 Å². The zero-order chi connectivity index (χ0) is 20.5. The van der Waals surface area contributed by atoms with E-state index < -0.39 is 0 Å².